The SMILES string of the molecule is C[N+]1(CCCS(=O)(=O)O)CC[N+](C)(CCCS(=O)(=O)O)CC1. The molecule has 1 fully saturated rings. The maximum atomic E-state index is 10.8. The molecule has 0 saturated carbocycles. The molecule has 0 radical (unpaired) electrons. The summed E-state index contributed by atoms with van der Waals surface area (Å²) < 4.78 is 62.1. The van der Waals surface area contributed by atoms with Crippen molar-refractivity contribution in [3.05, 3.63) is 0 Å². The van der Waals surface area contributed by atoms with Gasteiger partial charge >= 0.3 is 0 Å². The fraction of sp³-hybridized carbons (Fsp3) is 1.00. The topological polar surface area (TPSA) is 109 Å². The maximum absolute atomic E-state index is 10.8. The number of piperazine rings is 1. The number of hydrogen-bond acceptors (Lipinski definition) is 4. The molecule has 0 atom stereocenters. The maximum Gasteiger partial charge on any atom is 0.265 e. The summed E-state index contributed by atoms with van der Waals surface area (Å²) in [4.78, 5) is 0. The molecule has 0 amide bonds. The van der Waals surface area contributed by atoms with E-state index in [2.05, 4.69) is 14.1 Å². The minimum atomic E-state index is -3.89. The summed E-state index contributed by atoms with van der Waals surface area (Å²) in [7, 11) is -3.64. The second kappa shape index (κ2) is 7.10. The lowest BCUT2D eigenvalue weighted by atomic mass is 10.2. The first kappa shape index (κ1) is 19.8. The highest BCUT2D eigenvalue weighted by Crippen LogP contribution is 2.17. The lowest BCUT2D eigenvalue weighted by Gasteiger charge is -2.46. The van der Waals surface area contributed by atoms with Crippen molar-refractivity contribution < 1.29 is 34.9 Å². The van der Waals surface area contributed by atoms with Crippen molar-refractivity contribution in [1.82, 2.24) is 0 Å². The Bertz CT molecular complexity index is 512. The molecule has 1 saturated heterocycles. The third-order valence-electron chi connectivity index (χ3n) is 4.56. The highest BCUT2D eigenvalue weighted by molar-refractivity contribution is 7.86. The highest BCUT2D eigenvalue weighted by Gasteiger charge is 2.36. The quantitative estimate of drug-likeness (QED) is 0.444. The van der Waals surface area contributed by atoms with Crippen molar-refractivity contribution in [2.75, 3.05) is 64.9 Å². The minimum absolute atomic E-state index is 0.207. The van der Waals surface area contributed by atoms with E-state index < -0.39 is 20.2 Å². The van der Waals surface area contributed by atoms with Gasteiger partial charge in [0.1, 0.15) is 26.2 Å². The zero-order valence-corrected chi connectivity index (χ0v) is 14.9. The number of quaternary nitrogens is 2. The first-order valence-electron chi connectivity index (χ1n) is 7.40. The lowest BCUT2D eigenvalue weighted by Crippen LogP contribution is -2.64. The molecule has 1 aliphatic rings. The van der Waals surface area contributed by atoms with Crippen LogP contribution in [-0.4, -0.2) is 99.8 Å². The average molecular weight is 360 g/mol. The molecule has 0 aromatic heterocycles. The Morgan fingerprint density at radius 1 is 0.727 bits per heavy atom. The van der Waals surface area contributed by atoms with E-state index in [0.717, 1.165) is 35.1 Å². The van der Waals surface area contributed by atoms with Crippen LogP contribution in [0.1, 0.15) is 12.8 Å². The summed E-state index contributed by atoms with van der Waals surface area (Å²) in [5.41, 5.74) is 0. The Morgan fingerprint density at radius 2 is 1.00 bits per heavy atom. The molecule has 22 heavy (non-hydrogen) atoms. The second-order valence-electron chi connectivity index (χ2n) is 6.86. The van der Waals surface area contributed by atoms with E-state index in [9.17, 15) is 16.8 Å². The smallest absolute Gasteiger partial charge is 0.265 e. The summed E-state index contributed by atoms with van der Waals surface area (Å²) in [6.07, 6.45) is 0.865. The fourth-order valence-electron chi connectivity index (χ4n) is 2.89. The van der Waals surface area contributed by atoms with E-state index in [-0.39, 0.29) is 11.5 Å². The van der Waals surface area contributed by atoms with E-state index in [4.69, 9.17) is 9.11 Å². The minimum Gasteiger partial charge on any atom is -0.317 e. The molecule has 1 rings (SSSR count). The first-order chi connectivity index (χ1) is 9.83. The molecule has 0 unspecified atom stereocenters. The van der Waals surface area contributed by atoms with Crippen LogP contribution in [0.2, 0.25) is 0 Å². The number of nitrogens with zero attached hydrogens (tertiary/aromatic N) is 2. The molecule has 1 heterocycles. The molecule has 0 bridgehead atoms. The summed E-state index contributed by atoms with van der Waals surface area (Å²) in [6, 6.07) is 0. The van der Waals surface area contributed by atoms with Gasteiger partial charge in [-0.2, -0.15) is 16.8 Å². The average Bonchev–Trinajstić information content (AvgIpc) is 2.31. The lowest BCUT2D eigenvalue weighted by molar-refractivity contribution is -1.02. The van der Waals surface area contributed by atoms with Gasteiger partial charge in [-0.15, -0.1) is 0 Å². The molecular weight excluding hydrogens is 332 g/mol. The third-order valence-corrected chi connectivity index (χ3v) is 6.17. The normalized spacial score (nSPS) is 30.4. The van der Waals surface area contributed by atoms with Gasteiger partial charge in [0.25, 0.3) is 20.2 Å². The third kappa shape index (κ3) is 7.84. The van der Waals surface area contributed by atoms with Crippen molar-refractivity contribution in [2.24, 2.45) is 0 Å². The van der Waals surface area contributed by atoms with Gasteiger partial charge in [0.2, 0.25) is 0 Å². The van der Waals surface area contributed by atoms with Crippen molar-refractivity contribution in [2.45, 2.75) is 12.8 Å². The Balaban J connectivity index is 2.40. The molecule has 0 spiro atoms. The monoisotopic (exact) mass is 360 g/mol. The van der Waals surface area contributed by atoms with Crippen LogP contribution < -0.4 is 0 Å². The van der Waals surface area contributed by atoms with E-state index in [1.165, 1.54) is 0 Å². The van der Waals surface area contributed by atoms with Gasteiger partial charge in [-0.3, -0.25) is 9.11 Å². The van der Waals surface area contributed by atoms with Crippen LogP contribution in [0.3, 0.4) is 0 Å². The van der Waals surface area contributed by atoms with Gasteiger partial charge in [-0.1, -0.05) is 0 Å². The summed E-state index contributed by atoms with van der Waals surface area (Å²) in [5.74, 6) is -0.414. The van der Waals surface area contributed by atoms with Crippen LogP contribution >= 0.6 is 0 Å². The largest absolute Gasteiger partial charge is 0.317 e. The van der Waals surface area contributed by atoms with Crippen LogP contribution in [0.15, 0.2) is 0 Å². The Morgan fingerprint density at radius 3 is 1.23 bits per heavy atom. The predicted octanol–water partition coefficient (Wildman–Crippen LogP) is -0.551. The van der Waals surface area contributed by atoms with E-state index in [1.54, 1.807) is 0 Å². The molecular formula is C12H28N2O6S2+2. The number of rotatable bonds is 8. The molecule has 0 aliphatic carbocycles. The fourth-order valence-corrected chi connectivity index (χ4v) is 3.88. The Hall–Kier alpha value is -0.260. The van der Waals surface area contributed by atoms with Crippen molar-refractivity contribution in [1.29, 1.82) is 0 Å². The van der Waals surface area contributed by atoms with Gasteiger partial charge in [0.05, 0.1) is 38.7 Å². The van der Waals surface area contributed by atoms with Crippen molar-refractivity contribution in [3.8, 4) is 0 Å². The van der Waals surface area contributed by atoms with Gasteiger partial charge in [0.15, 0.2) is 0 Å². The summed E-state index contributed by atoms with van der Waals surface area (Å²) in [5, 5.41) is 0. The Labute approximate surface area is 133 Å². The Kier molecular flexibility index (Phi) is 6.38. The molecule has 1 aliphatic heterocycles. The summed E-state index contributed by atoms with van der Waals surface area (Å²) >= 11 is 0. The number of hydrogen-bond donors (Lipinski definition) is 2. The second-order valence-corrected chi connectivity index (χ2v) is 10.0. The molecule has 0 aromatic carbocycles. The number of likely N-dealkylation sites (N-methyl/N-ethyl adjacent to an activating group) is 2. The van der Waals surface area contributed by atoms with Gasteiger partial charge < -0.3 is 8.97 Å². The first-order valence-corrected chi connectivity index (χ1v) is 10.6. The molecule has 2 N–H and O–H groups in total. The van der Waals surface area contributed by atoms with E-state index >= 15 is 0 Å². The van der Waals surface area contributed by atoms with Crippen LogP contribution in [-0.2, 0) is 20.2 Å². The van der Waals surface area contributed by atoms with E-state index in [0.29, 0.717) is 25.9 Å². The van der Waals surface area contributed by atoms with E-state index in [1.807, 2.05) is 0 Å². The molecule has 10 heteroatoms. The zero-order valence-electron chi connectivity index (χ0n) is 13.3. The van der Waals surface area contributed by atoms with Gasteiger partial charge in [-0.05, 0) is 0 Å². The highest BCUT2D eigenvalue weighted by atomic mass is 32.2. The van der Waals surface area contributed by atoms with Gasteiger partial charge in [0, 0.05) is 12.8 Å². The van der Waals surface area contributed by atoms with Crippen LogP contribution in [0.5, 0.6) is 0 Å². The standard InChI is InChI=1S/C12H26N2O6S2/c1-13(5-3-11-21(15,16)17)7-9-14(2,10-8-13)6-4-12-22(18,19)20/h3-12H2,1-2H3/p+2. The predicted molar refractivity (Wildman–Crippen MR) is 83.6 cm³/mol. The zero-order chi connectivity index (χ0) is 17.1. The van der Waals surface area contributed by atoms with Crippen LogP contribution in [0, 0.1) is 0 Å². The molecule has 8 nitrogen and oxygen atoms in total. The van der Waals surface area contributed by atoms with Gasteiger partial charge in [-0.25, -0.2) is 0 Å². The molecule has 0 aromatic rings. The van der Waals surface area contributed by atoms with Crippen LogP contribution in [0.25, 0.3) is 0 Å². The van der Waals surface area contributed by atoms with Crippen molar-refractivity contribution in [3.63, 3.8) is 0 Å². The molecule has 132 valence electrons. The van der Waals surface area contributed by atoms with Crippen LogP contribution in [0.4, 0.5) is 0 Å². The summed E-state index contributed by atoms with van der Waals surface area (Å²) in [6.45, 7) is 4.93. The van der Waals surface area contributed by atoms with Crippen molar-refractivity contribution >= 4 is 20.2 Å².